The van der Waals surface area contributed by atoms with Gasteiger partial charge in [-0.15, -0.1) is 11.8 Å². The van der Waals surface area contributed by atoms with Gasteiger partial charge in [-0.3, -0.25) is 0 Å². The summed E-state index contributed by atoms with van der Waals surface area (Å²) in [6.07, 6.45) is 0. The minimum atomic E-state index is -0.472. The van der Waals surface area contributed by atoms with Crippen LogP contribution >= 0.6 is 23.4 Å². The minimum absolute atomic E-state index is 0.208. The average Bonchev–Trinajstić information content (AvgIpc) is 2.99. The van der Waals surface area contributed by atoms with Gasteiger partial charge in [0, 0.05) is 33.7 Å². The summed E-state index contributed by atoms with van der Waals surface area (Å²) in [4.78, 5) is 13.4. The minimum Gasteiger partial charge on any atom is -0.459 e. The fourth-order valence-electron chi connectivity index (χ4n) is 2.44. The van der Waals surface area contributed by atoms with Crippen LogP contribution in [0.1, 0.15) is 16.1 Å². The summed E-state index contributed by atoms with van der Waals surface area (Å²) in [6.45, 7) is 0.580. The number of thioether (sulfide) groups is 1. The topological polar surface area (TPSA) is 48.7 Å². The largest absolute Gasteiger partial charge is 0.459 e. The van der Waals surface area contributed by atoms with Gasteiger partial charge in [-0.25, -0.2) is 4.79 Å². The van der Waals surface area contributed by atoms with Gasteiger partial charge in [0.15, 0.2) is 0 Å². The molecular formula is C19H17ClO4S. The number of rotatable bonds is 7. The van der Waals surface area contributed by atoms with Crippen LogP contribution in [0.4, 0.5) is 0 Å². The predicted octanol–water partition coefficient (Wildman–Crippen LogP) is 5.18. The molecule has 1 aromatic heterocycles. The smallest absolute Gasteiger partial charge is 0.374 e. The van der Waals surface area contributed by atoms with Gasteiger partial charge in [-0.2, -0.15) is 0 Å². The van der Waals surface area contributed by atoms with E-state index in [1.54, 1.807) is 18.9 Å². The van der Waals surface area contributed by atoms with Gasteiger partial charge >= 0.3 is 5.97 Å². The lowest BCUT2D eigenvalue weighted by molar-refractivity contribution is 0.0490. The molecule has 2 aromatic carbocycles. The maximum absolute atomic E-state index is 12.4. The van der Waals surface area contributed by atoms with Crippen LogP contribution in [0.3, 0.4) is 0 Å². The quantitative estimate of drug-likeness (QED) is 0.323. The fourth-order valence-corrected chi connectivity index (χ4v) is 3.30. The van der Waals surface area contributed by atoms with Crippen molar-refractivity contribution in [3.63, 3.8) is 0 Å². The molecule has 6 heteroatoms. The second kappa shape index (κ2) is 8.43. The number of furan rings is 1. The molecule has 130 valence electrons. The first kappa shape index (κ1) is 17.9. The molecule has 0 radical (unpaired) electrons. The number of fused-ring (bicyclic) bond motifs is 1. The van der Waals surface area contributed by atoms with E-state index < -0.39 is 5.97 Å². The summed E-state index contributed by atoms with van der Waals surface area (Å²) in [5.74, 6) is 0.382. The van der Waals surface area contributed by atoms with Crippen LogP contribution in [-0.4, -0.2) is 25.4 Å². The number of benzene rings is 2. The monoisotopic (exact) mass is 376 g/mol. The summed E-state index contributed by atoms with van der Waals surface area (Å²) in [5.41, 5.74) is 1.37. The number of carbonyl (C=O) groups is 1. The van der Waals surface area contributed by atoms with Crippen LogP contribution in [0, 0.1) is 0 Å². The molecule has 0 saturated heterocycles. The normalized spacial score (nSPS) is 11.0. The Morgan fingerprint density at radius 1 is 1.16 bits per heavy atom. The molecule has 3 rings (SSSR count). The zero-order valence-electron chi connectivity index (χ0n) is 13.7. The van der Waals surface area contributed by atoms with Crippen LogP contribution in [0.2, 0.25) is 5.02 Å². The van der Waals surface area contributed by atoms with Crippen LogP contribution in [0.25, 0.3) is 11.0 Å². The second-order valence-corrected chi connectivity index (χ2v) is 6.88. The van der Waals surface area contributed by atoms with Gasteiger partial charge in [-0.05, 0) is 30.3 Å². The van der Waals surface area contributed by atoms with E-state index in [1.807, 2.05) is 48.5 Å². The van der Waals surface area contributed by atoms with Crippen molar-refractivity contribution in [1.82, 2.24) is 0 Å². The fraction of sp³-hybridized carbons (Fsp3) is 0.211. The highest BCUT2D eigenvalue weighted by Gasteiger charge is 2.21. The Kier molecular flexibility index (Phi) is 6.02. The highest BCUT2D eigenvalue weighted by atomic mass is 35.5. The highest BCUT2D eigenvalue weighted by molar-refractivity contribution is 7.99. The lowest BCUT2D eigenvalue weighted by atomic mass is 10.1. The van der Waals surface area contributed by atoms with E-state index in [9.17, 15) is 4.79 Å². The molecule has 25 heavy (non-hydrogen) atoms. The Balaban J connectivity index is 1.62. The number of esters is 1. The summed E-state index contributed by atoms with van der Waals surface area (Å²) >= 11 is 7.45. The average molecular weight is 377 g/mol. The third kappa shape index (κ3) is 4.37. The summed E-state index contributed by atoms with van der Waals surface area (Å²) in [5, 5.41) is 1.57. The molecule has 0 saturated carbocycles. The molecule has 0 spiro atoms. The van der Waals surface area contributed by atoms with Crippen LogP contribution in [0.15, 0.2) is 57.8 Å². The molecule has 0 atom stereocenters. The van der Waals surface area contributed by atoms with Crippen molar-refractivity contribution in [2.75, 3.05) is 19.5 Å². The van der Waals surface area contributed by atoms with Gasteiger partial charge in [0.25, 0.3) is 0 Å². The lowest BCUT2D eigenvalue weighted by Crippen LogP contribution is -2.09. The Morgan fingerprint density at radius 3 is 2.68 bits per heavy atom. The molecule has 4 nitrogen and oxygen atoms in total. The molecule has 0 aliphatic rings. The standard InChI is InChI=1S/C19H17ClO4S/c1-22-12-16-15-4-2-3-5-17(15)24-18(16)19(21)23-10-11-25-14-8-6-13(20)7-9-14/h2-9H,10-12H2,1H3. The predicted molar refractivity (Wildman–Crippen MR) is 99.4 cm³/mol. The van der Waals surface area contributed by atoms with Crippen molar-refractivity contribution in [2.45, 2.75) is 11.5 Å². The number of ether oxygens (including phenoxy) is 2. The van der Waals surface area contributed by atoms with Crippen molar-refractivity contribution < 1.29 is 18.7 Å². The van der Waals surface area contributed by atoms with Crippen molar-refractivity contribution in [2.24, 2.45) is 0 Å². The first-order valence-corrected chi connectivity index (χ1v) is 9.10. The van der Waals surface area contributed by atoms with E-state index >= 15 is 0 Å². The Hall–Kier alpha value is -1.95. The molecule has 0 bridgehead atoms. The molecule has 0 N–H and O–H groups in total. The zero-order valence-corrected chi connectivity index (χ0v) is 15.2. The molecule has 1 heterocycles. The molecule has 0 aliphatic carbocycles. The van der Waals surface area contributed by atoms with Crippen molar-refractivity contribution in [3.05, 3.63) is 64.9 Å². The molecule has 3 aromatic rings. The summed E-state index contributed by atoms with van der Waals surface area (Å²) in [6, 6.07) is 15.0. The van der Waals surface area contributed by atoms with E-state index in [2.05, 4.69) is 0 Å². The number of hydrogen-bond acceptors (Lipinski definition) is 5. The first-order valence-electron chi connectivity index (χ1n) is 7.74. The van der Waals surface area contributed by atoms with Crippen molar-refractivity contribution in [3.8, 4) is 0 Å². The Labute approximate surface area is 155 Å². The maximum atomic E-state index is 12.4. The first-order chi connectivity index (χ1) is 12.2. The number of methoxy groups -OCH3 is 1. The van der Waals surface area contributed by atoms with Gasteiger partial charge in [0.05, 0.1) is 6.61 Å². The summed E-state index contributed by atoms with van der Waals surface area (Å²) in [7, 11) is 1.58. The van der Waals surface area contributed by atoms with Crippen molar-refractivity contribution >= 4 is 40.3 Å². The highest BCUT2D eigenvalue weighted by Crippen LogP contribution is 2.27. The van der Waals surface area contributed by atoms with Crippen LogP contribution in [0.5, 0.6) is 0 Å². The zero-order chi connectivity index (χ0) is 17.6. The lowest BCUT2D eigenvalue weighted by Gasteiger charge is -2.05. The third-order valence-corrected chi connectivity index (χ3v) is 4.80. The Morgan fingerprint density at radius 2 is 1.92 bits per heavy atom. The van der Waals surface area contributed by atoms with E-state index in [-0.39, 0.29) is 12.4 Å². The Bertz CT molecular complexity index is 857. The molecule has 0 aliphatic heterocycles. The maximum Gasteiger partial charge on any atom is 0.374 e. The second-order valence-electron chi connectivity index (χ2n) is 5.28. The number of hydrogen-bond donors (Lipinski definition) is 0. The van der Waals surface area contributed by atoms with Gasteiger partial charge < -0.3 is 13.9 Å². The SMILES string of the molecule is COCc1c(C(=O)OCCSc2ccc(Cl)cc2)oc2ccccc12. The van der Waals surface area contributed by atoms with E-state index in [0.717, 1.165) is 10.3 Å². The van der Waals surface area contributed by atoms with E-state index in [1.165, 1.54) is 0 Å². The molecular weight excluding hydrogens is 360 g/mol. The van der Waals surface area contributed by atoms with Gasteiger partial charge in [0.2, 0.25) is 5.76 Å². The summed E-state index contributed by atoms with van der Waals surface area (Å²) < 4.78 is 16.2. The number of carbonyl (C=O) groups excluding carboxylic acids is 1. The van der Waals surface area contributed by atoms with Crippen LogP contribution < -0.4 is 0 Å². The van der Waals surface area contributed by atoms with Gasteiger partial charge in [0.1, 0.15) is 12.2 Å². The van der Waals surface area contributed by atoms with E-state index in [4.69, 9.17) is 25.5 Å². The van der Waals surface area contributed by atoms with Gasteiger partial charge in [-0.1, -0.05) is 29.8 Å². The van der Waals surface area contributed by atoms with E-state index in [0.29, 0.717) is 28.5 Å². The van der Waals surface area contributed by atoms with Crippen molar-refractivity contribution in [1.29, 1.82) is 0 Å². The molecule has 0 amide bonds. The number of para-hydroxylation sites is 1. The molecule has 0 fully saturated rings. The number of halogens is 1. The van der Waals surface area contributed by atoms with Crippen LogP contribution in [-0.2, 0) is 16.1 Å². The third-order valence-electron chi connectivity index (χ3n) is 3.57. The molecule has 0 unspecified atom stereocenters.